The zero-order valence-electron chi connectivity index (χ0n) is 38.1. The SMILES string of the molecule is CC(C)(C)c1ccc(-c2[c-]cccc2)nc1.CC(C)c1cc(C(C)C)c(-c2ccc3oc4cc5c(cc4c3c2)oc2c(-c3cc(C(C)(C)C)ncn3)[c-]ccc25)c(C(C)C)c1.[Ir]. The number of hydrogen-bond donors (Lipinski definition) is 0. The molecule has 9 rings (SSSR count). The van der Waals surface area contributed by atoms with Crippen LogP contribution in [-0.2, 0) is 30.9 Å². The fourth-order valence-corrected chi connectivity index (χ4v) is 8.10. The molecule has 0 fully saturated rings. The van der Waals surface area contributed by atoms with Crippen LogP contribution in [0.3, 0.4) is 0 Å². The van der Waals surface area contributed by atoms with E-state index in [-0.39, 0.29) is 30.9 Å². The minimum absolute atomic E-state index is 0. The molecule has 0 N–H and O–H groups in total. The molecule has 0 aliphatic carbocycles. The van der Waals surface area contributed by atoms with Crippen molar-refractivity contribution in [1.29, 1.82) is 0 Å². The molecule has 0 unspecified atom stereocenters. The van der Waals surface area contributed by atoms with Crippen molar-refractivity contribution in [3.05, 3.63) is 150 Å². The smallest absolute Gasteiger partial charge is 0.136 e. The molecule has 0 spiro atoms. The van der Waals surface area contributed by atoms with Gasteiger partial charge in [0.1, 0.15) is 23.1 Å². The van der Waals surface area contributed by atoms with E-state index in [2.05, 4.69) is 171 Å². The molecule has 319 valence electrons. The van der Waals surface area contributed by atoms with Crippen LogP contribution in [0.25, 0.3) is 77.5 Å². The molecule has 0 bridgehead atoms. The van der Waals surface area contributed by atoms with Crippen LogP contribution in [0.15, 0.2) is 118 Å². The van der Waals surface area contributed by atoms with Crippen LogP contribution in [0.5, 0.6) is 0 Å². The third kappa shape index (κ3) is 8.78. The topological polar surface area (TPSA) is 65.0 Å². The quantitative estimate of drug-likeness (QED) is 0.155. The zero-order valence-corrected chi connectivity index (χ0v) is 40.5. The second-order valence-corrected chi connectivity index (χ2v) is 19.4. The van der Waals surface area contributed by atoms with Gasteiger partial charge in [-0.25, -0.2) is 4.98 Å². The summed E-state index contributed by atoms with van der Waals surface area (Å²) in [6.07, 6.45) is 3.59. The second kappa shape index (κ2) is 17.4. The summed E-state index contributed by atoms with van der Waals surface area (Å²) in [5.74, 6) is 1.29. The van der Waals surface area contributed by atoms with Gasteiger partial charge in [-0.3, -0.25) is 4.98 Å². The fraction of sp³-hybridized carbons (Fsp3) is 0.304. The predicted octanol–water partition coefficient (Wildman–Crippen LogP) is 15.9. The van der Waals surface area contributed by atoms with E-state index in [1.54, 1.807) is 6.33 Å². The van der Waals surface area contributed by atoms with Crippen LogP contribution < -0.4 is 0 Å². The summed E-state index contributed by atoms with van der Waals surface area (Å²) in [5.41, 5.74) is 16.1. The third-order valence-electron chi connectivity index (χ3n) is 11.8. The first-order valence-electron chi connectivity index (χ1n) is 21.7. The second-order valence-electron chi connectivity index (χ2n) is 19.4. The Bertz CT molecular complexity index is 2980. The number of aromatic nitrogens is 3. The molecule has 0 aliphatic heterocycles. The summed E-state index contributed by atoms with van der Waals surface area (Å²) >= 11 is 0. The van der Waals surface area contributed by atoms with Gasteiger partial charge < -0.3 is 13.8 Å². The van der Waals surface area contributed by atoms with Crippen molar-refractivity contribution in [2.24, 2.45) is 0 Å². The Kier molecular flexibility index (Phi) is 12.5. The van der Waals surface area contributed by atoms with Gasteiger partial charge in [0.25, 0.3) is 0 Å². The maximum atomic E-state index is 6.61. The molecule has 0 amide bonds. The molecule has 5 aromatic carbocycles. The number of benzene rings is 5. The van der Waals surface area contributed by atoms with Gasteiger partial charge in [-0.2, -0.15) is 0 Å². The van der Waals surface area contributed by atoms with Gasteiger partial charge in [0.15, 0.2) is 0 Å². The van der Waals surface area contributed by atoms with Crippen LogP contribution >= 0.6 is 0 Å². The van der Waals surface area contributed by atoms with Gasteiger partial charge in [-0.15, -0.1) is 54.1 Å². The molecule has 5 nitrogen and oxygen atoms in total. The molecule has 62 heavy (non-hydrogen) atoms. The fourth-order valence-electron chi connectivity index (χ4n) is 8.10. The van der Waals surface area contributed by atoms with E-state index in [9.17, 15) is 0 Å². The van der Waals surface area contributed by atoms with E-state index < -0.39 is 0 Å². The van der Waals surface area contributed by atoms with E-state index in [4.69, 9.17) is 8.83 Å². The Morgan fingerprint density at radius 1 is 0.548 bits per heavy atom. The summed E-state index contributed by atoms with van der Waals surface area (Å²) in [6, 6.07) is 40.5. The largest absolute Gasteiger partial charge is 0.501 e. The van der Waals surface area contributed by atoms with Gasteiger partial charge in [0.05, 0.1) is 5.58 Å². The van der Waals surface area contributed by atoms with Crippen molar-refractivity contribution < 1.29 is 28.9 Å². The molecular weight excluding hydrogens is 939 g/mol. The van der Waals surface area contributed by atoms with E-state index >= 15 is 0 Å². The van der Waals surface area contributed by atoms with Gasteiger partial charge >= 0.3 is 0 Å². The van der Waals surface area contributed by atoms with Crippen LogP contribution in [0.2, 0.25) is 0 Å². The van der Waals surface area contributed by atoms with E-state index in [1.165, 1.54) is 33.4 Å². The summed E-state index contributed by atoms with van der Waals surface area (Å²) in [5, 5.41) is 4.19. The normalized spacial score (nSPS) is 12.2. The third-order valence-corrected chi connectivity index (χ3v) is 11.8. The van der Waals surface area contributed by atoms with Crippen molar-refractivity contribution in [2.75, 3.05) is 0 Å². The molecule has 4 aromatic heterocycles. The first kappa shape index (κ1) is 44.6. The van der Waals surface area contributed by atoms with Crippen molar-refractivity contribution in [2.45, 2.75) is 112 Å². The number of fused-ring (bicyclic) bond motifs is 6. The van der Waals surface area contributed by atoms with Gasteiger partial charge in [0, 0.05) is 53.6 Å². The molecule has 0 aliphatic rings. The van der Waals surface area contributed by atoms with Gasteiger partial charge in [0.2, 0.25) is 0 Å². The summed E-state index contributed by atoms with van der Waals surface area (Å²) in [4.78, 5) is 13.6. The minimum atomic E-state index is -0.0911. The van der Waals surface area contributed by atoms with Crippen LogP contribution in [-0.4, -0.2) is 15.0 Å². The number of furan rings is 2. The zero-order chi connectivity index (χ0) is 43.4. The maximum Gasteiger partial charge on any atom is 0.136 e. The number of nitrogens with zero attached hydrogens (tertiary/aromatic N) is 3. The first-order valence-corrected chi connectivity index (χ1v) is 21.7. The van der Waals surface area contributed by atoms with E-state index in [0.29, 0.717) is 17.8 Å². The molecule has 1 radical (unpaired) electrons. The van der Waals surface area contributed by atoms with Crippen molar-refractivity contribution in [1.82, 2.24) is 15.0 Å². The minimum Gasteiger partial charge on any atom is -0.501 e. The van der Waals surface area contributed by atoms with Crippen LogP contribution in [0, 0.1) is 12.1 Å². The van der Waals surface area contributed by atoms with Gasteiger partial charge in [-0.1, -0.05) is 130 Å². The van der Waals surface area contributed by atoms with Crippen LogP contribution in [0.1, 0.15) is 129 Å². The Morgan fingerprint density at radius 2 is 1.23 bits per heavy atom. The van der Waals surface area contributed by atoms with Crippen molar-refractivity contribution in [3.63, 3.8) is 0 Å². The Morgan fingerprint density at radius 3 is 1.82 bits per heavy atom. The Balaban J connectivity index is 0.000000286. The van der Waals surface area contributed by atoms with Crippen molar-refractivity contribution in [3.8, 4) is 33.6 Å². The molecule has 9 aromatic rings. The average molecular weight is 996 g/mol. The first-order chi connectivity index (χ1) is 29.0. The molecule has 0 atom stereocenters. The number of rotatable bonds is 6. The Labute approximate surface area is 380 Å². The van der Waals surface area contributed by atoms with Crippen molar-refractivity contribution >= 4 is 43.9 Å². The summed E-state index contributed by atoms with van der Waals surface area (Å²) in [6.45, 7) is 26.8. The average Bonchev–Trinajstić information content (AvgIpc) is 3.79. The molecule has 6 heteroatoms. The van der Waals surface area contributed by atoms with E-state index in [0.717, 1.165) is 72.1 Å². The molecule has 4 heterocycles. The van der Waals surface area contributed by atoms with Crippen LogP contribution in [0.4, 0.5) is 0 Å². The number of hydrogen-bond acceptors (Lipinski definition) is 5. The monoisotopic (exact) mass is 996 g/mol. The standard InChI is InChI=1S/C41H41N2O2.C15H16N.Ir/c1-22(2)26-16-29(23(3)4)39(30(17-26)24(5)6)25-13-14-35-31(15-25)33-19-37-32(18-36(33)44-35)27-11-10-12-28(40(27)45-37)34-20-38(41(7,8)9)43-21-42-34;1-15(2,3)13-9-10-14(16-11-13)12-7-5-4-6-8-12;/h10-11,13-24H,1-9H3;4-7,9-11H,1-3H3;/q2*-1;. The summed E-state index contributed by atoms with van der Waals surface area (Å²) < 4.78 is 13.1. The Hall–Kier alpha value is -5.42. The van der Waals surface area contributed by atoms with Gasteiger partial charge in [-0.05, 0) is 92.2 Å². The molecule has 0 saturated carbocycles. The predicted molar refractivity (Wildman–Crippen MR) is 254 cm³/mol. The number of pyridine rings is 1. The van der Waals surface area contributed by atoms with E-state index in [1.807, 2.05) is 42.6 Å². The maximum absolute atomic E-state index is 6.61. The molecule has 0 saturated heterocycles. The summed E-state index contributed by atoms with van der Waals surface area (Å²) in [7, 11) is 0. The molecular formula is C56H57IrN3O2-2.